The fourth-order valence-corrected chi connectivity index (χ4v) is 0.975. The quantitative estimate of drug-likeness (QED) is 0.676. The second-order valence-electron chi connectivity index (χ2n) is 2.42. The van der Waals surface area contributed by atoms with E-state index in [0.29, 0.717) is 0 Å². The summed E-state index contributed by atoms with van der Waals surface area (Å²) in [6.45, 7) is 9.18. The largest absolute Gasteiger partial charge is 0.342 e. The molecule has 1 heterocycles. The van der Waals surface area contributed by atoms with E-state index in [-0.39, 0.29) is 0 Å². The van der Waals surface area contributed by atoms with E-state index in [9.17, 15) is 0 Å². The van der Waals surface area contributed by atoms with Crippen LogP contribution in [0.4, 0.5) is 0 Å². The van der Waals surface area contributed by atoms with Crippen molar-refractivity contribution in [2.45, 2.75) is 6.92 Å². The Kier molecular flexibility index (Phi) is 2.64. The Morgan fingerprint density at radius 1 is 1.42 bits per heavy atom. The molecule has 1 aromatic rings. The summed E-state index contributed by atoms with van der Waals surface area (Å²) in [6, 6.07) is 0. The first kappa shape index (κ1) is 8.53. The topological polar surface area (TPSA) is 28.7 Å². The number of nitrogens with one attached hydrogen (secondary N) is 1. The van der Waals surface area contributed by atoms with Gasteiger partial charge in [0.1, 0.15) is 5.82 Å². The molecule has 0 aliphatic heterocycles. The average molecular weight is 160 g/mol. The van der Waals surface area contributed by atoms with Crippen LogP contribution in [0.1, 0.15) is 17.2 Å². The molecule has 62 valence electrons. The third kappa shape index (κ3) is 1.72. The second kappa shape index (κ2) is 3.72. The maximum absolute atomic E-state index is 4.22. The van der Waals surface area contributed by atoms with E-state index in [0.717, 1.165) is 17.2 Å². The average Bonchev–Trinajstić information content (AvgIpc) is 2.42. The molecule has 0 radical (unpaired) electrons. The van der Waals surface area contributed by atoms with Crippen LogP contribution in [0.15, 0.2) is 25.3 Å². The van der Waals surface area contributed by atoms with Gasteiger partial charge in [0, 0.05) is 0 Å². The van der Waals surface area contributed by atoms with E-state index in [1.165, 1.54) is 0 Å². The molecule has 1 rings (SSSR count). The maximum Gasteiger partial charge on any atom is 0.104 e. The van der Waals surface area contributed by atoms with Crippen molar-refractivity contribution in [1.82, 2.24) is 9.97 Å². The molecule has 0 saturated carbocycles. The van der Waals surface area contributed by atoms with E-state index in [1.807, 2.05) is 19.1 Å². The standard InChI is InChI=1S/C10H12N2/c1-4-6-7-10-9(5-2)11-8(3)12-10/h4-7H,1-2H2,3H3,(H,11,12)/b7-6-. The number of H-pyrrole nitrogens is 1. The highest BCUT2D eigenvalue weighted by atomic mass is 14.9. The molecule has 2 heteroatoms. The summed E-state index contributed by atoms with van der Waals surface area (Å²) in [5.74, 6) is 0.897. The number of aryl methyl sites for hydroxylation is 1. The van der Waals surface area contributed by atoms with Crippen molar-refractivity contribution < 1.29 is 0 Å². The van der Waals surface area contributed by atoms with Crippen LogP contribution >= 0.6 is 0 Å². The molecule has 0 aromatic carbocycles. The minimum atomic E-state index is 0.880. The molecule has 0 aliphatic carbocycles. The summed E-state index contributed by atoms with van der Waals surface area (Å²) in [5, 5.41) is 0. The van der Waals surface area contributed by atoms with Crippen molar-refractivity contribution in [3.05, 3.63) is 42.5 Å². The van der Waals surface area contributed by atoms with Gasteiger partial charge in [0.15, 0.2) is 0 Å². The minimum Gasteiger partial charge on any atom is -0.342 e. The van der Waals surface area contributed by atoms with Gasteiger partial charge in [-0.2, -0.15) is 0 Å². The Labute approximate surface area is 72.3 Å². The molecule has 0 spiro atoms. The highest BCUT2D eigenvalue weighted by Crippen LogP contribution is 2.08. The molecule has 0 aliphatic rings. The summed E-state index contributed by atoms with van der Waals surface area (Å²) in [7, 11) is 0. The molecule has 0 fully saturated rings. The summed E-state index contributed by atoms with van der Waals surface area (Å²) < 4.78 is 0. The smallest absolute Gasteiger partial charge is 0.104 e. The van der Waals surface area contributed by atoms with Crippen LogP contribution in [0.5, 0.6) is 0 Å². The molecule has 0 unspecified atom stereocenters. The monoisotopic (exact) mass is 160 g/mol. The number of rotatable bonds is 3. The third-order valence-electron chi connectivity index (χ3n) is 1.47. The number of allylic oxidation sites excluding steroid dienone is 2. The first-order valence-corrected chi connectivity index (χ1v) is 3.76. The molecule has 1 N–H and O–H groups in total. The van der Waals surface area contributed by atoms with Gasteiger partial charge in [-0.05, 0) is 19.1 Å². The Hall–Kier alpha value is -1.57. The fraction of sp³-hybridized carbons (Fsp3) is 0.100. The number of aromatic amines is 1. The maximum atomic E-state index is 4.22. The minimum absolute atomic E-state index is 0.880. The van der Waals surface area contributed by atoms with E-state index in [1.54, 1.807) is 12.2 Å². The number of nitrogens with zero attached hydrogens (tertiary/aromatic N) is 1. The predicted octanol–water partition coefficient (Wildman–Crippen LogP) is 2.56. The fourth-order valence-electron chi connectivity index (χ4n) is 0.975. The van der Waals surface area contributed by atoms with E-state index in [2.05, 4.69) is 23.1 Å². The van der Waals surface area contributed by atoms with Gasteiger partial charge in [-0.3, -0.25) is 0 Å². The Balaban J connectivity index is 3.04. The van der Waals surface area contributed by atoms with Crippen LogP contribution < -0.4 is 0 Å². The lowest BCUT2D eigenvalue weighted by Gasteiger charge is -1.86. The highest BCUT2D eigenvalue weighted by molar-refractivity contribution is 5.59. The SMILES string of the molecule is C=C/C=C\c1[nH]c(C)nc1C=C. The zero-order valence-corrected chi connectivity index (χ0v) is 7.17. The van der Waals surface area contributed by atoms with Crippen LogP contribution in [-0.4, -0.2) is 9.97 Å². The van der Waals surface area contributed by atoms with Crippen molar-refractivity contribution in [3.8, 4) is 0 Å². The summed E-state index contributed by atoms with van der Waals surface area (Å²) in [6.07, 6.45) is 7.24. The van der Waals surface area contributed by atoms with Gasteiger partial charge < -0.3 is 4.98 Å². The number of hydrogen-bond donors (Lipinski definition) is 1. The van der Waals surface area contributed by atoms with Crippen molar-refractivity contribution in [2.75, 3.05) is 0 Å². The van der Waals surface area contributed by atoms with Gasteiger partial charge in [0.2, 0.25) is 0 Å². The lowest BCUT2D eigenvalue weighted by Crippen LogP contribution is -1.74. The normalized spacial score (nSPS) is 10.4. The van der Waals surface area contributed by atoms with Gasteiger partial charge in [-0.25, -0.2) is 4.98 Å². The van der Waals surface area contributed by atoms with Gasteiger partial charge >= 0.3 is 0 Å². The van der Waals surface area contributed by atoms with Crippen molar-refractivity contribution in [3.63, 3.8) is 0 Å². The van der Waals surface area contributed by atoms with Crippen LogP contribution in [0.3, 0.4) is 0 Å². The molecular formula is C10H12N2. The van der Waals surface area contributed by atoms with Crippen LogP contribution in [0, 0.1) is 6.92 Å². The molecule has 0 saturated heterocycles. The van der Waals surface area contributed by atoms with Crippen molar-refractivity contribution in [2.24, 2.45) is 0 Å². The summed E-state index contributed by atoms with van der Waals surface area (Å²) in [4.78, 5) is 7.34. The first-order valence-electron chi connectivity index (χ1n) is 3.76. The summed E-state index contributed by atoms with van der Waals surface area (Å²) in [5.41, 5.74) is 1.85. The molecule has 0 amide bonds. The Bertz CT molecular complexity index is 319. The molecule has 0 bridgehead atoms. The van der Waals surface area contributed by atoms with Crippen LogP contribution in [-0.2, 0) is 0 Å². The molecule has 0 atom stereocenters. The lowest BCUT2D eigenvalue weighted by molar-refractivity contribution is 1.14. The Morgan fingerprint density at radius 2 is 2.17 bits per heavy atom. The van der Waals surface area contributed by atoms with E-state index >= 15 is 0 Å². The Morgan fingerprint density at radius 3 is 2.75 bits per heavy atom. The van der Waals surface area contributed by atoms with Gasteiger partial charge in [-0.15, -0.1) is 0 Å². The second-order valence-corrected chi connectivity index (χ2v) is 2.42. The van der Waals surface area contributed by atoms with Crippen LogP contribution in [0.25, 0.3) is 12.2 Å². The first-order chi connectivity index (χ1) is 5.77. The number of aromatic nitrogens is 2. The zero-order valence-electron chi connectivity index (χ0n) is 7.17. The molecule has 1 aromatic heterocycles. The van der Waals surface area contributed by atoms with Gasteiger partial charge in [-0.1, -0.05) is 25.3 Å². The lowest BCUT2D eigenvalue weighted by atomic mass is 10.3. The van der Waals surface area contributed by atoms with Crippen molar-refractivity contribution in [1.29, 1.82) is 0 Å². The third-order valence-corrected chi connectivity index (χ3v) is 1.47. The van der Waals surface area contributed by atoms with Gasteiger partial charge in [0.05, 0.1) is 11.4 Å². The highest BCUT2D eigenvalue weighted by Gasteiger charge is 1.99. The number of imidazole rings is 1. The van der Waals surface area contributed by atoms with Crippen LogP contribution in [0.2, 0.25) is 0 Å². The molecule has 2 nitrogen and oxygen atoms in total. The molecule has 12 heavy (non-hydrogen) atoms. The number of hydrogen-bond acceptors (Lipinski definition) is 1. The molecular weight excluding hydrogens is 148 g/mol. The van der Waals surface area contributed by atoms with E-state index in [4.69, 9.17) is 0 Å². The van der Waals surface area contributed by atoms with Gasteiger partial charge in [0.25, 0.3) is 0 Å². The summed E-state index contributed by atoms with van der Waals surface area (Å²) >= 11 is 0. The van der Waals surface area contributed by atoms with Crippen molar-refractivity contribution >= 4 is 12.2 Å². The zero-order chi connectivity index (χ0) is 8.97. The predicted molar refractivity (Wildman–Crippen MR) is 52.6 cm³/mol. The van der Waals surface area contributed by atoms with E-state index < -0.39 is 0 Å².